The highest BCUT2D eigenvalue weighted by molar-refractivity contribution is 9.10. The van der Waals surface area contributed by atoms with Gasteiger partial charge in [0.15, 0.2) is 5.69 Å². The molecule has 0 radical (unpaired) electrons. The normalized spacial score (nSPS) is 10.3. The molecular weight excluding hydrogens is 306 g/mol. The largest absolute Gasteiger partial charge is 0.476 e. The van der Waals surface area contributed by atoms with E-state index in [-0.39, 0.29) is 21.5 Å². The number of nitro groups is 1. The Hall–Kier alpha value is -2.22. The molecule has 0 amide bonds. The summed E-state index contributed by atoms with van der Waals surface area (Å²) in [6.45, 7) is 0. The first-order chi connectivity index (χ1) is 8.50. The Morgan fingerprint density at radius 1 is 1.44 bits per heavy atom. The molecule has 92 valence electrons. The van der Waals surface area contributed by atoms with E-state index >= 15 is 0 Å². The first kappa shape index (κ1) is 12.2. The summed E-state index contributed by atoms with van der Waals surface area (Å²) >= 11 is 3.04. The number of aromatic carboxylic acids is 1. The summed E-state index contributed by atoms with van der Waals surface area (Å²) in [6.07, 6.45) is 1.37. The second-order valence-corrected chi connectivity index (χ2v) is 4.18. The number of carboxylic acids is 1. The molecule has 0 aliphatic carbocycles. The molecule has 18 heavy (non-hydrogen) atoms. The number of halogens is 1. The number of hydrogen-bond acceptors (Lipinski definition) is 4. The summed E-state index contributed by atoms with van der Waals surface area (Å²) in [5.74, 6) is -1.21. The van der Waals surface area contributed by atoms with Crippen LogP contribution in [0.15, 0.2) is 34.9 Å². The lowest BCUT2D eigenvalue weighted by Gasteiger charge is -2.01. The quantitative estimate of drug-likeness (QED) is 0.692. The first-order valence-corrected chi connectivity index (χ1v) is 5.52. The van der Waals surface area contributed by atoms with Gasteiger partial charge in [-0.1, -0.05) is 12.1 Å². The van der Waals surface area contributed by atoms with Crippen molar-refractivity contribution in [1.82, 2.24) is 9.78 Å². The smallest absolute Gasteiger partial charge is 0.357 e. The van der Waals surface area contributed by atoms with Gasteiger partial charge in [0, 0.05) is 12.3 Å². The van der Waals surface area contributed by atoms with E-state index in [1.54, 1.807) is 6.07 Å². The number of benzene rings is 1. The zero-order valence-corrected chi connectivity index (χ0v) is 10.4. The summed E-state index contributed by atoms with van der Waals surface area (Å²) in [7, 11) is 0. The van der Waals surface area contributed by atoms with Crippen molar-refractivity contribution in [3.05, 3.63) is 50.7 Å². The number of aromatic nitrogens is 2. The Morgan fingerprint density at radius 2 is 2.11 bits per heavy atom. The highest BCUT2D eigenvalue weighted by atomic mass is 79.9. The van der Waals surface area contributed by atoms with Crippen molar-refractivity contribution >= 4 is 27.6 Å². The molecular formula is C10H6BrN3O4. The van der Waals surface area contributed by atoms with Crippen molar-refractivity contribution in [2.24, 2.45) is 0 Å². The fourth-order valence-corrected chi connectivity index (χ4v) is 1.88. The average molecular weight is 312 g/mol. The monoisotopic (exact) mass is 311 g/mol. The van der Waals surface area contributed by atoms with Crippen molar-refractivity contribution in [3.8, 4) is 5.69 Å². The van der Waals surface area contributed by atoms with Crippen molar-refractivity contribution in [1.29, 1.82) is 0 Å². The van der Waals surface area contributed by atoms with E-state index in [4.69, 9.17) is 5.11 Å². The number of rotatable bonds is 3. The van der Waals surface area contributed by atoms with Gasteiger partial charge in [0.25, 0.3) is 5.69 Å². The minimum atomic E-state index is -1.21. The first-order valence-electron chi connectivity index (χ1n) is 4.73. The molecule has 0 bridgehead atoms. The van der Waals surface area contributed by atoms with Gasteiger partial charge in [-0.25, -0.2) is 9.48 Å². The average Bonchev–Trinajstić information content (AvgIpc) is 2.71. The van der Waals surface area contributed by atoms with Crippen molar-refractivity contribution in [2.45, 2.75) is 0 Å². The summed E-state index contributed by atoms with van der Waals surface area (Å²) in [6, 6.07) is 5.95. The predicted molar refractivity (Wildman–Crippen MR) is 64.9 cm³/mol. The number of para-hydroxylation sites is 2. The third kappa shape index (κ3) is 2.09. The minimum Gasteiger partial charge on any atom is -0.476 e. The molecule has 0 fully saturated rings. The minimum absolute atomic E-state index is 0.149. The highest BCUT2D eigenvalue weighted by Crippen LogP contribution is 2.24. The van der Waals surface area contributed by atoms with Gasteiger partial charge in [-0.05, 0) is 22.0 Å². The van der Waals surface area contributed by atoms with Crippen LogP contribution in [-0.2, 0) is 0 Å². The number of nitrogens with zero attached hydrogens (tertiary/aromatic N) is 3. The van der Waals surface area contributed by atoms with Crippen LogP contribution in [0.5, 0.6) is 0 Å². The molecule has 1 heterocycles. The van der Waals surface area contributed by atoms with Gasteiger partial charge < -0.3 is 5.11 Å². The molecule has 0 saturated carbocycles. The molecule has 1 aromatic carbocycles. The molecule has 0 aliphatic heterocycles. The third-order valence-electron chi connectivity index (χ3n) is 2.20. The maximum absolute atomic E-state index is 10.9. The van der Waals surface area contributed by atoms with E-state index in [9.17, 15) is 14.9 Å². The number of nitro benzene ring substituents is 1. The fraction of sp³-hybridized carbons (Fsp3) is 0. The van der Waals surface area contributed by atoms with Crippen molar-refractivity contribution < 1.29 is 14.8 Å². The molecule has 2 rings (SSSR count). The van der Waals surface area contributed by atoms with Gasteiger partial charge in [-0.2, -0.15) is 5.10 Å². The van der Waals surface area contributed by atoms with E-state index in [1.807, 2.05) is 0 Å². The Morgan fingerprint density at radius 3 is 2.67 bits per heavy atom. The lowest BCUT2D eigenvalue weighted by molar-refractivity contribution is -0.384. The topological polar surface area (TPSA) is 98.3 Å². The van der Waals surface area contributed by atoms with Crippen LogP contribution < -0.4 is 0 Å². The van der Waals surface area contributed by atoms with Crippen LogP contribution in [0.3, 0.4) is 0 Å². The van der Waals surface area contributed by atoms with E-state index in [0.29, 0.717) is 0 Å². The van der Waals surface area contributed by atoms with Crippen LogP contribution in [0, 0.1) is 10.1 Å². The Bertz CT molecular complexity index is 638. The van der Waals surface area contributed by atoms with E-state index in [0.717, 1.165) is 4.68 Å². The molecule has 0 saturated heterocycles. The van der Waals surface area contributed by atoms with Crippen LogP contribution in [0.1, 0.15) is 10.5 Å². The van der Waals surface area contributed by atoms with Crippen molar-refractivity contribution in [2.75, 3.05) is 0 Å². The summed E-state index contributed by atoms with van der Waals surface area (Å²) in [5.41, 5.74) is -0.145. The summed E-state index contributed by atoms with van der Waals surface area (Å²) in [5, 5.41) is 23.5. The van der Waals surface area contributed by atoms with Gasteiger partial charge in [0.05, 0.1) is 9.40 Å². The SMILES string of the molecule is O=C(O)c1nn(-c2ccccc2[N+](=O)[O-])cc1Br. The highest BCUT2D eigenvalue weighted by Gasteiger charge is 2.19. The Kier molecular flexibility index (Phi) is 3.11. The lowest BCUT2D eigenvalue weighted by atomic mass is 10.3. The zero-order chi connectivity index (χ0) is 13.3. The van der Waals surface area contributed by atoms with Gasteiger partial charge in [-0.3, -0.25) is 10.1 Å². The maximum atomic E-state index is 10.9. The van der Waals surface area contributed by atoms with Gasteiger partial charge in [0.2, 0.25) is 0 Å². The van der Waals surface area contributed by atoms with Crippen LogP contribution in [0.2, 0.25) is 0 Å². The Balaban J connectivity index is 2.59. The van der Waals surface area contributed by atoms with Gasteiger partial charge >= 0.3 is 5.97 Å². The summed E-state index contributed by atoms with van der Waals surface area (Å²) < 4.78 is 1.42. The molecule has 1 N–H and O–H groups in total. The van der Waals surface area contributed by atoms with Crippen LogP contribution in [0.25, 0.3) is 5.69 Å². The van der Waals surface area contributed by atoms with Crippen molar-refractivity contribution in [3.63, 3.8) is 0 Å². The molecule has 1 aromatic heterocycles. The lowest BCUT2D eigenvalue weighted by Crippen LogP contribution is -2.03. The van der Waals surface area contributed by atoms with Crippen LogP contribution in [-0.4, -0.2) is 25.8 Å². The molecule has 8 heteroatoms. The Labute approximate surface area is 109 Å². The fourth-order valence-electron chi connectivity index (χ4n) is 1.43. The third-order valence-corrected chi connectivity index (χ3v) is 2.78. The molecule has 7 nitrogen and oxygen atoms in total. The van der Waals surface area contributed by atoms with Crippen LogP contribution >= 0.6 is 15.9 Å². The van der Waals surface area contributed by atoms with Crippen LogP contribution in [0.4, 0.5) is 5.69 Å². The molecule has 0 unspecified atom stereocenters. The molecule has 0 atom stereocenters. The molecule has 0 aliphatic rings. The molecule has 2 aromatic rings. The standard InChI is InChI=1S/C10H6BrN3O4/c11-6-5-13(12-9(6)10(15)16)7-3-1-2-4-8(7)14(17)18/h1-5H,(H,15,16). The second kappa shape index (κ2) is 4.57. The van der Waals surface area contributed by atoms with Gasteiger partial charge in [0.1, 0.15) is 5.69 Å². The number of carbonyl (C=O) groups is 1. The van der Waals surface area contributed by atoms with Gasteiger partial charge in [-0.15, -0.1) is 0 Å². The summed E-state index contributed by atoms with van der Waals surface area (Å²) in [4.78, 5) is 21.2. The van der Waals surface area contributed by atoms with E-state index in [2.05, 4.69) is 21.0 Å². The van der Waals surface area contributed by atoms with E-state index in [1.165, 1.54) is 24.4 Å². The number of carboxylic acid groups (broad SMARTS) is 1. The maximum Gasteiger partial charge on any atom is 0.357 e. The second-order valence-electron chi connectivity index (χ2n) is 3.32. The zero-order valence-electron chi connectivity index (χ0n) is 8.78. The number of hydrogen-bond donors (Lipinski definition) is 1. The molecule has 0 spiro atoms. The predicted octanol–water partition coefficient (Wildman–Crippen LogP) is 2.24. The van der Waals surface area contributed by atoms with E-state index < -0.39 is 10.9 Å².